The highest BCUT2D eigenvalue weighted by atomic mass is 79.9. The molecule has 0 aromatic heterocycles. The molecule has 0 unspecified atom stereocenters. The lowest BCUT2D eigenvalue weighted by Crippen LogP contribution is -2.05. The second-order valence-corrected chi connectivity index (χ2v) is 3.82. The number of hydrogen-bond donors (Lipinski definition) is 0. The lowest BCUT2D eigenvalue weighted by Gasteiger charge is -2.09. The monoisotopic (exact) mass is 270 g/mol. The Morgan fingerprint density at radius 3 is 2.80 bits per heavy atom. The first-order chi connectivity index (χ1) is 7.29. The van der Waals surface area contributed by atoms with Crippen molar-refractivity contribution in [2.75, 3.05) is 11.9 Å². The van der Waals surface area contributed by atoms with Gasteiger partial charge in [-0.3, -0.25) is 4.79 Å². The molecule has 0 saturated carbocycles. The SMILES string of the molecule is CCCCOc1ccccc1C(=O)CBr. The van der Waals surface area contributed by atoms with E-state index in [0.29, 0.717) is 23.2 Å². The summed E-state index contributed by atoms with van der Waals surface area (Å²) in [6.45, 7) is 2.78. The van der Waals surface area contributed by atoms with E-state index in [9.17, 15) is 4.79 Å². The number of para-hydroxylation sites is 1. The molecule has 0 spiro atoms. The number of Topliss-reactive ketones (excluding diaryl/α,β-unsaturated/α-hetero) is 1. The van der Waals surface area contributed by atoms with E-state index >= 15 is 0 Å². The Morgan fingerprint density at radius 2 is 2.13 bits per heavy atom. The highest BCUT2D eigenvalue weighted by molar-refractivity contribution is 9.09. The van der Waals surface area contributed by atoms with Gasteiger partial charge in [-0.25, -0.2) is 0 Å². The molecular weight excluding hydrogens is 256 g/mol. The van der Waals surface area contributed by atoms with Crippen molar-refractivity contribution in [3.63, 3.8) is 0 Å². The molecule has 0 aliphatic carbocycles. The molecule has 15 heavy (non-hydrogen) atoms. The molecule has 0 aliphatic rings. The molecule has 0 bridgehead atoms. The van der Waals surface area contributed by atoms with E-state index in [4.69, 9.17) is 4.74 Å². The van der Waals surface area contributed by atoms with Crippen molar-refractivity contribution < 1.29 is 9.53 Å². The second kappa shape index (κ2) is 6.62. The van der Waals surface area contributed by atoms with Crippen LogP contribution in [0.4, 0.5) is 0 Å². The lowest BCUT2D eigenvalue weighted by atomic mass is 10.1. The van der Waals surface area contributed by atoms with Gasteiger partial charge in [-0.15, -0.1) is 0 Å². The summed E-state index contributed by atoms with van der Waals surface area (Å²) in [7, 11) is 0. The zero-order chi connectivity index (χ0) is 11.1. The second-order valence-electron chi connectivity index (χ2n) is 3.25. The van der Waals surface area contributed by atoms with Gasteiger partial charge < -0.3 is 4.74 Å². The van der Waals surface area contributed by atoms with Crippen LogP contribution in [0.5, 0.6) is 5.75 Å². The normalized spacial score (nSPS) is 10.0. The Morgan fingerprint density at radius 1 is 1.40 bits per heavy atom. The summed E-state index contributed by atoms with van der Waals surface area (Å²) in [6.07, 6.45) is 2.10. The van der Waals surface area contributed by atoms with Gasteiger partial charge in [0.2, 0.25) is 0 Å². The molecular formula is C12H15BrO2. The Bertz CT molecular complexity index is 323. The number of alkyl halides is 1. The summed E-state index contributed by atoms with van der Waals surface area (Å²) in [5.74, 6) is 0.748. The number of ketones is 1. The zero-order valence-electron chi connectivity index (χ0n) is 8.83. The summed E-state index contributed by atoms with van der Waals surface area (Å²) in [4.78, 5) is 11.5. The fraction of sp³-hybridized carbons (Fsp3) is 0.417. The van der Waals surface area contributed by atoms with E-state index < -0.39 is 0 Å². The quantitative estimate of drug-likeness (QED) is 0.450. The van der Waals surface area contributed by atoms with Gasteiger partial charge in [-0.2, -0.15) is 0 Å². The molecule has 82 valence electrons. The molecule has 0 amide bonds. The zero-order valence-corrected chi connectivity index (χ0v) is 10.4. The third kappa shape index (κ3) is 3.67. The third-order valence-corrected chi connectivity index (χ3v) is 2.57. The highest BCUT2D eigenvalue weighted by Gasteiger charge is 2.09. The van der Waals surface area contributed by atoms with E-state index in [1.807, 2.05) is 18.2 Å². The molecule has 0 atom stereocenters. The van der Waals surface area contributed by atoms with Crippen LogP contribution in [-0.2, 0) is 0 Å². The highest BCUT2D eigenvalue weighted by Crippen LogP contribution is 2.19. The van der Waals surface area contributed by atoms with Gasteiger partial charge in [-0.05, 0) is 18.6 Å². The number of ether oxygens (including phenoxy) is 1. The van der Waals surface area contributed by atoms with E-state index in [1.54, 1.807) is 6.07 Å². The molecule has 0 aliphatic heterocycles. The minimum Gasteiger partial charge on any atom is -0.493 e. The first-order valence-corrected chi connectivity index (χ1v) is 6.22. The molecule has 0 saturated heterocycles. The average molecular weight is 271 g/mol. The van der Waals surface area contributed by atoms with Crippen LogP contribution >= 0.6 is 15.9 Å². The number of carbonyl (C=O) groups is 1. The average Bonchev–Trinajstić information content (AvgIpc) is 2.29. The Kier molecular flexibility index (Phi) is 5.40. The molecule has 0 N–H and O–H groups in total. The van der Waals surface area contributed by atoms with Crippen LogP contribution in [-0.4, -0.2) is 17.7 Å². The summed E-state index contributed by atoms with van der Waals surface area (Å²) in [5, 5.41) is 0.334. The van der Waals surface area contributed by atoms with E-state index in [1.165, 1.54) is 0 Å². The van der Waals surface area contributed by atoms with Crippen LogP contribution in [0.15, 0.2) is 24.3 Å². The molecule has 1 aromatic rings. The van der Waals surface area contributed by atoms with E-state index in [-0.39, 0.29) is 5.78 Å². The van der Waals surface area contributed by atoms with E-state index in [2.05, 4.69) is 22.9 Å². The standard InChI is InChI=1S/C12H15BrO2/c1-2-3-8-15-12-7-5-4-6-10(12)11(14)9-13/h4-7H,2-3,8-9H2,1H3. The van der Waals surface area contributed by atoms with Gasteiger partial charge in [0.25, 0.3) is 0 Å². The summed E-state index contributed by atoms with van der Waals surface area (Å²) in [6, 6.07) is 7.37. The Hall–Kier alpha value is -0.830. The summed E-state index contributed by atoms with van der Waals surface area (Å²) in [5.41, 5.74) is 0.658. The van der Waals surface area contributed by atoms with Crippen LogP contribution in [0.2, 0.25) is 0 Å². The fourth-order valence-corrected chi connectivity index (χ4v) is 1.52. The van der Waals surface area contributed by atoms with Gasteiger partial charge in [0.05, 0.1) is 17.5 Å². The first kappa shape index (κ1) is 12.2. The molecule has 1 rings (SSSR count). The van der Waals surface area contributed by atoms with Crippen molar-refractivity contribution in [3.05, 3.63) is 29.8 Å². The molecule has 2 nitrogen and oxygen atoms in total. The maximum atomic E-state index is 11.5. The minimum absolute atomic E-state index is 0.0575. The maximum Gasteiger partial charge on any atom is 0.177 e. The Balaban J connectivity index is 2.73. The van der Waals surface area contributed by atoms with Crippen LogP contribution in [0, 0.1) is 0 Å². The minimum atomic E-state index is 0.0575. The van der Waals surface area contributed by atoms with Crippen LogP contribution < -0.4 is 4.74 Å². The number of unbranched alkanes of at least 4 members (excludes halogenated alkanes) is 1. The molecule has 0 radical (unpaired) electrons. The van der Waals surface area contributed by atoms with Gasteiger partial charge in [-0.1, -0.05) is 41.4 Å². The predicted molar refractivity (Wildman–Crippen MR) is 65.0 cm³/mol. The number of carbonyl (C=O) groups excluding carboxylic acids is 1. The summed E-state index contributed by atoms with van der Waals surface area (Å²) >= 11 is 3.16. The number of hydrogen-bond acceptors (Lipinski definition) is 2. The molecule has 0 heterocycles. The number of halogens is 1. The largest absolute Gasteiger partial charge is 0.493 e. The third-order valence-electron chi connectivity index (χ3n) is 2.06. The van der Waals surface area contributed by atoms with Gasteiger partial charge in [0, 0.05) is 0 Å². The lowest BCUT2D eigenvalue weighted by molar-refractivity contribution is 0.102. The van der Waals surface area contributed by atoms with Crippen molar-refractivity contribution in [2.45, 2.75) is 19.8 Å². The van der Waals surface area contributed by atoms with Crippen LogP contribution in [0.1, 0.15) is 30.1 Å². The van der Waals surface area contributed by atoms with Gasteiger partial charge in [0.15, 0.2) is 5.78 Å². The van der Waals surface area contributed by atoms with Crippen molar-refractivity contribution >= 4 is 21.7 Å². The summed E-state index contributed by atoms with van der Waals surface area (Å²) < 4.78 is 5.56. The van der Waals surface area contributed by atoms with Crippen molar-refractivity contribution in [1.82, 2.24) is 0 Å². The number of rotatable bonds is 6. The smallest absolute Gasteiger partial charge is 0.177 e. The van der Waals surface area contributed by atoms with Crippen LogP contribution in [0.3, 0.4) is 0 Å². The topological polar surface area (TPSA) is 26.3 Å². The predicted octanol–water partition coefficient (Wildman–Crippen LogP) is 3.44. The van der Waals surface area contributed by atoms with E-state index in [0.717, 1.165) is 12.8 Å². The van der Waals surface area contributed by atoms with Crippen molar-refractivity contribution in [3.8, 4) is 5.75 Å². The first-order valence-electron chi connectivity index (χ1n) is 5.10. The molecule has 1 aromatic carbocycles. The van der Waals surface area contributed by atoms with Gasteiger partial charge in [0.1, 0.15) is 5.75 Å². The van der Waals surface area contributed by atoms with Crippen molar-refractivity contribution in [2.24, 2.45) is 0 Å². The molecule has 3 heteroatoms. The molecule has 0 fully saturated rings. The maximum absolute atomic E-state index is 11.5. The number of benzene rings is 1. The Labute approximate surface area is 98.8 Å². The van der Waals surface area contributed by atoms with Crippen LogP contribution in [0.25, 0.3) is 0 Å². The van der Waals surface area contributed by atoms with Gasteiger partial charge >= 0.3 is 0 Å². The van der Waals surface area contributed by atoms with Crippen molar-refractivity contribution in [1.29, 1.82) is 0 Å². The fourth-order valence-electron chi connectivity index (χ4n) is 1.22.